The lowest BCUT2D eigenvalue weighted by Crippen LogP contribution is -2.28. The highest BCUT2D eigenvalue weighted by Crippen LogP contribution is 2.38. The second-order valence-electron chi connectivity index (χ2n) is 6.05. The van der Waals surface area contributed by atoms with Crippen LogP contribution in [0.2, 0.25) is 0 Å². The van der Waals surface area contributed by atoms with Gasteiger partial charge in [-0.25, -0.2) is 0 Å². The smallest absolute Gasteiger partial charge is 0.257 e. The van der Waals surface area contributed by atoms with Crippen LogP contribution in [0.4, 0.5) is 5.69 Å². The van der Waals surface area contributed by atoms with E-state index in [1.165, 1.54) is 27.4 Å². The predicted molar refractivity (Wildman–Crippen MR) is 114 cm³/mol. The minimum absolute atomic E-state index is 0.0585. The molecule has 8 nitrogen and oxygen atoms in total. The van der Waals surface area contributed by atoms with E-state index in [0.29, 0.717) is 40.8 Å². The molecule has 0 aliphatic carbocycles. The van der Waals surface area contributed by atoms with Crippen molar-refractivity contribution in [3.05, 3.63) is 48.0 Å². The molecule has 0 unspecified atom stereocenters. The Labute approximate surface area is 175 Å². The Bertz CT molecular complexity index is 868. The maximum absolute atomic E-state index is 12.2. The summed E-state index contributed by atoms with van der Waals surface area (Å²) in [6.07, 6.45) is 3.05. The predicted octanol–water partition coefficient (Wildman–Crippen LogP) is 2.88. The van der Waals surface area contributed by atoms with E-state index in [0.717, 1.165) is 0 Å². The van der Waals surface area contributed by atoms with Gasteiger partial charge in [-0.2, -0.15) is 0 Å². The minimum Gasteiger partial charge on any atom is -0.493 e. The van der Waals surface area contributed by atoms with Crippen LogP contribution in [-0.2, 0) is 9.59 Å². The van der Waals surface area contributed by atoms with E-state index in [-0.39, 0.29) is 18.4 Å². The van der Waals surface area contributed by atoms with Crippen molar-refractivity contribution in [3.8, 4) is 23.0 Å². The first-order valence-corrected chi connectivity index (χ1v) is 9.29. The standard InChI is InChI=1S/C22H26N2O6/c1-5-23-21(26)14-30-17-9-7-16(8-10-17)24-20(25)11-6-15-12-18(27-2)22(29-4)19(13-15)28-3/h6-13H,5,14H2,1-4H3,(H,23,26)(H,24,25). The van der Waals surface area contributed by atoms with Gasteiger partial charge in [-0.3, -0.25) is 9.59 Å². The Kier molecular flexibility index (Phi) is 8.56. The Hall–Kier alpha value is -3.68. The van der Waals surface area contributed by atoms with Gasteiger partial charge in [0.1, 0.15) is 5.75 Å². The van der Waals surface area contributed by atoms with Crippen molar-refractivity contribution in [2.45, 2.75) is 6.92 Å². The molecular formula is C22H26N2O6. The van der Waals surface area contributed by atoms with Crippen LogP contribution in [0.15, 0.2) is 42.5 Å². The van der Waals surface area contributed by atoms with Gasteiger partial charge in [0.05, 0.1) is 21.3 Å². The molecule has 2 amide bonds. The van der Waals surface area contributed by atoms with Gasteiger partial charge in [0, 0.05) is 18.3 Å². The summed E-state index contributed by atoms with van der Waals surface area (Å²) in [7, 11) is 4.59. The van der Waals surface area contributed by atoms with Crippen LogP contribution in [0.25, 0.3) is 6.08 Å². The first-order chi connectivity index (χ1) is 14.5. The van der Waals surface area contributed by atoms with E-state index in [1.807, 2.05) is 6.92 Å². The highest BCUT2D eigenvalue weighted by Gasteiger charge is 2.12. The van der Waals surface area contributed by atoms with E-state index < -0.39 is 0 Å². The van der Waals surface area contributed by atoms with Crippen LogP contribution < -0.4 is 29.6 Å². The van der Waals surface area contributed by atoms with Crippen molar-refractivity contribution in [1.82, 2.24) is 5.32 Å². The number of rotatable bonds is 10. The summed E-state index contributed by atoms with van der Waals surface area (Å²) in [6, 6.07) is 10.2. The molecule has 30 heavy (non-hydrogen) atoms. The summed E-state index contributed by atoms with van der Waals surface area (Å²) in [4.78, 5) is 23.6. The van der Waals surface area contributed by atoms with E-state index >= 15 is 0 Å². The molecule has 0 saturated heterocycles. The number of benzene rings is 2. The van der Waals surface area contributed by atoms with Crippen LogP contribution in [0, 0.1) is 0 Å². The molecule has 0 atom stereocenters. The summed E-state index contributed by atoms with van der Waals surface area (Å²) >= 11 is 0. The highest BCUT2D eigenvalue weighted by atomic mass is 16.5. The molecule has 0 fully saturated rings. The van der Waals surface area contributed by atoms with Crippen molar-refractivity contribution in [3.63, 3.8) is 0 Å². The maximum Gasteiger partial charge on any atom is 0.257 e. The van der Waals surface area contributed by atoms with E-state index in [9.17, 15) is 9.59 Å². The van der Waals surface area contributed by atoms with Gasteiger partial charge in [-0.15, -0.1) is 0 Å². The number of nitrogens with one attached hydrogen (secondary N) is 2. The van der Waals surface area contributed by atoms with Crippen LogP contribution in [0.1, 0.15) is 12.5 Å². The Morgan fingerprint density at radius 3 is 2.13 bits per heavy atom. The average Bonchev–Trinajstić information content (AvgIpc) is 2.76. The molecular weight excluding hydrogens is 388 g/mol. The van der Waals surface area contributed by atoms with Crippen molar-refractivity contribution < 1.29 is 28.5 Å². The molecule has 0 radical (unpaired) electrons. The fraction of sp³-hybridized carbons (Fsp3) is 0.273. The lowest BCUT2D eigenvalue weighted by atomic mass is 10.1. The van der Waals surface area contributed by atoms with Gasteiger partial charge < -0.3 is 29.6 Å². The van der Waals surface area contributed by atoms with E-state index in [2.05, 4.69) is 10.6 Å². The molecule has 0 aromatic heterocycles. The summed E-state index contributed by atoms with van der Waals surface area (Å²) in [6.45, 7) is 2.33. The zero-order chi connectivity index (χ0) is 21.9. The minimum atomic E-state index is -0.306. The van der Waals surface area contributed by atoms with Gasteiger partial charge in [0.25, 0.3) is 5.91 Å². The van der Waals surface area contributed by atoms with Crippen molar-refractivity contribution in [2.24, 2.45) is 0 Å². The zero-order valence-electron chi connectivity index (χ0n) is 17.5. The lowest BCUT2D eigenvalue weighted by Gasteiger charge is -2.12. The number of ether oxygens (including phenoxy) is 4. The first-order valence-electron chi connectivity index (χ1n) is 9.29. The summed E-state index contributed by atoms with van der Waals surface area (Å²) in [5.41, 5.74) is 1.31. The van der Waals surface area contributed by atoms with Crippen molar-refractivity contribution in [2.75, 3.05) is 39.8 Å². The molecule has 8 heteroatoms. The van der Waals surface area contributed by atoms with Gasteiger partial charge >= 0.3 is 0 Å². The summed E-state index contributed by atoms with van der Waals surface area (Å²) in [5, 5.41) is 5.41. The number of hydrogen-bond acceptors (Lipinski definition) is 6. The third-order valence-corrected chi connectivity index (χ3v) is 3.98. The number of hydrogen-bond donors (Lipinski definition) is 2. The number of likely N-dealkylation sites (N-methyl/N-ethyl adjacent to an activating group) is 1. The van der Waals surface area contributed by atoms with Crippen LogP contribution in [0.3, 0.4) is 0 Å². The van der Waals surface area contributed by atoms with Crippen molar-refractivity contribution in [1.29, 1.82) is 0 Å². The lowest BCUT2D eigenvalue weighted by molar-refractivity contribution is -0.123. The van der Waals surface area contributed by atoms with Crippen molar-refractivity contribution >= 4 is 23.6 Å². The number of amides is 2. The molecule has 160 valence electrons. The van der Waals surface area contributed by atoms with Gasteiger partial charge in [-0.1, -0.05) is 0 Å². The molecule has 0 aliphatic heterocycles. The van der Waals surface area contributed by atoms with Crippen LogP contribution in [-0.4, -0.2) is 46.3 Å². The molecule has 2 aromatic carbocycles. The van der Waals surface area contributed by atoms with Crippen LogP contribution >= 0.6 is 0 Å². The molecule has 2 rings (SSSR count). The quantitative estimate of drug-likeness (QED) is 0.581. The fourth-order valence-electron chi connectivity index (χ4n) is 2.59. The number of carbonyl (C=O) groups is 2. The molecule has 0 aliphatic rings. The summed E-state index contributed by atoms with van der Waals surface area (Å²) < 4.78 is 21.3. The third kappa shape index (κ3) is 6.44. The molecule has 2 N–H and O–H groups in total. The molecule has 0 spiro atoms. The monoisotopic (exact) mass is 414 g/mol. The number of anilines is 1. The molecule has 2 aromatic rings. The number of carbonyl (C=O) groups excluding carboxylic acids is 2. The Morgan fingerprint density at radius 1 is 0.967 bits per heavy atom. The van der Waals surface area contributed by atoms with Gasteiger partial charge in [0.2, 0.25) is 11.7 Å². The molecule has 0 saturated carbocycles. The largest absolute Gasteiger partial charge is 0.493 e. The van der Waals surface area contributed by atoms with Gasteiger partial charge in [0.15, 0.2) is 18.1 Å². The van der Waals surface area contributed by atoms with Gasteiger partial charge in [-0.05, 0) is 55.0 Å². The average molecular weight is 414 g/mol. The molecule has 0 bridgehead atoms. The fourth-order valence-corrected chi connectivity index (χ4v) is 2.59. The van der Waals surface area contributed by atoms with Crippen LogP contribution in [0.5, 0.6) is 23.0 Å². The second-order valence-corrected chi connectivity index (χ2v) is 6.05. The van der Waals surface area contributed by atoms with E-state index in [4.69, 9.17) is 18.9 Å². The number of methoxy groups -OCH3 is 3. The molecule has 0 heterocycles. The van der Waals surface area contributed by atoms with E-state index in [1.54, 1.807) is 42.5 Å². The normalized spacial score (nSPS) is 10.4. The Balaban J connectivity index is 1.98. The Morgan fingerprint density at radius 2 is 1.60 bits per heavy atom. The topological polar surface area (TPSA) is 95.1 Å². The SMILES string of the molecule is CCNC(=O)COc1ccc(NC(=O)C=Cc2cc(OC)c(OC)c(OC)c2)cc1. The maximum atomic E-state index is 12.2. The second kappa shape index (κ2) is 11.4. The highest BCUT2D eigenvalue weighted by molar-refractivity contribution is 6.02. The summed E-state index contributed by atoms with van der Waals surface area (Å²) in [5.74, 6) is 1.52. The third-order valence-electron chi connectivity index (χ3n) is 3.98. The zero-order valence-corrected chi connectivity index (χ0v) is 17.5. The first kappa shape index (κ1) is 22.6.